The number of hydrogen-bond donors (Lipinski definition) is 0. The van der Waals surface area contributed by atoms with Crippen LogP contribution in [0.1, 0.15) is 47.4 Å². The van der Waals surface area contributed by atoms with Crippen molar-refractivity contribution in [1.82, 2.24) is 9.47 Å². The Morgan fingerprint density at radius 3 is 2.41 bits per heavy atom. The van der Waals surface area contributed by atoms with E-state index in [4.69, 9.17) is 23.2 Å². The number of halogens is 2. The van der Waals surface area contributed by atoms with Crippen LogP contribution in [-0.4, -0.2) is 28.5 Å². The number of rotatable bonds is 6. The lowest BCUT2D eigenvalue weighted by atomic mass is 9.88. The molecular formula is C29H28Cl2N2O. The van der Waals surface area contributed by atoms with Crippen molar-refractivity contribution >= 4 is 40.0 Å². The molecule has 1 atom stereocenters. The van der Waals surface area contributed by atoms with Crippen LogP contribution in [0, 0.1) is 6.92 Å². The largest absolute Gasteiger partial charge is 0.343 e. The van der Waals surface area contributed by atoms with E-state index in [1.165, 1.54) is 16.5 Å². The van der Waals surface area contributed by atoms with Crippen LogP contribution in [0.5, 0.6) is 0 Å². The smallest absolute Gasteiger partial charge is 0.223 e. The molecule has 2 heterocycles. The molecule has 1 aliphatic rings. The molecule has 4 aromatic rings. The lowest BCUT2D eigenvalue weighted by Crippen LogP contribution is -2.29. The number of nitrogens with zero attached hydrogens (tertiary/aromatic N) is 2. The maximum atomic E-state index is 13.3. The molecule has 0 unspecified atom stereocenters. The Bertz CT molecular complexity index is 1320. The first-order valence-electron chi connectivity index (χ1n) is 11.9. The number of fused-ring (bicyclic) bond motifs is 1. The van der Waals surface area contributed by atoms with E-state index in [-0.39, 0.29) is 11.8 Å². The molecule has 1 fully saturated rings. The highest BCUT2D eigenvalue weighted by molar-refractivity contribution is 6.42. The lowest BCUT2D eigenvalue weighted by molar-refractivity contribution is -0.130. The van der Waals surface area contributed by atoms with E-state index in [9.17, 15) is 4.79 Å². The number of likely N-dealkylation sites (tertiary alicyclic amines) is 1. The highest BCUT2D eigenvalue weighted by Gasteiger charge is 2.27. The summed E-state index contributed by atoms with van der Waals surface area (Å²) in [6, 6.07) is 22.8. The first kappa shape index (κ1) is 23.0. The molecule has 0 aliphatic carbocycles. The SMILES string of the molecule is Cc1ccc(Cn2cc([C@@H](CC(=O)N3CCCC3)c3ccc(Cl)c(Cl)c3)c3ccccc32)cc1. The number of carbonyl (C=O) groups is 1. The fourth-order valence-electron chi connectivity index (χ4n) is 4.98. The third kappa shape index (κ3) is 4.73. The summed E-state index contributed by atoms with van der Waals surface area (Å²) in [5, 5.41) is 2.21. The molecule has 3 aromatic carbocycles. The first-order valence-corrected chi connectivity index (χ1v) is 12.6. The zero-order valence-corrected chi connectivity index (χ0v) is 20.8. The molecule has 1 saturated heterocycles. The van der Waals surface area contributed by atoms with Gasteiger partial charge in [0.1, 0.15) is 0 Å². The van der Waals surface area contributed by atoms with Gasteiger partial charge in [0, 0.05) is 49.1 Å². The topological polar surface area (TPSA) is 25.2 Å². The zero-order chi connectivity index (χ0) is 23.7. The fraction of sp³-hybridized carbons (Fsp3) is 0.276. The van der Waals surface area contributed by atoms with Gasteiger partial charge in [-0.1, -0.05) is 77.3 Å². The third-order valence-electron chi connectivity index (χ3n) is 6.85. The summed E-state index contributed by atoms with van der Waals surface area (Å²) in [5.74, 6) is 0.0935. The second-order valence-corrected chi connectivity index (χ2v) is 10.0. The average Bonchev–Trinajstić information content (AvgIpc) is 3.50. The number of carbonyl (C=O) groups excluding carboxylic acids is 1. The minimum atomic E-state index is -0.105. The van der Waals surface area contributed by atoms with Crippen molar-refractivity contribution in [2.75, 3.05) is 13.1 Å². The van der Waals surface area contributed by atoms with Crippen LogP contribution >= 0.6 is 23.2 Å². The van der Waals surface area contributed by atoms with Crippen LogP contribution in [0.3, 0.4) is 0 Å². The third-order valence-corrected chi connectivity index (χ3v) is 7.59. The van der Waals surface area contributed by atoms with Gasteiger partial charge in [0.15, 0.2) is 0 Å². The van der Waals surface area contributed by atoms with Gasteiger partial charge in [-0.15, -0.1) is 0 Å². The summed E-state index contributed by atoms with van der Waals surface area (Å²) in [6.45, 7) is 4.57. The zero-order valence-electron chi connectivity index (χ0n) is 19.3. The molecule has 3 nitrogen and oxygen atoms in total. The minimum Gasteiger partial charge on any atom is -0.343 e. The minimum absolute atomic E-state index is 0.105. The van der Waals surface area contributed by atoms with Crippen molar-refractivity contribution in [1.29, 1.82) is 0 Å². The van der Waals surface area contributed by atoms with Crippen LogP contribution in [-0.2, 0) is 11.3 Å². The Morgan fingerprint density at radius 2 is 1.68 bits per heavy atom. The molecule has 1 amide bonds. The van der Waals surface area contributed by atoms with Gasteiger partial charge in [0.25, 0.3) is 0 Å². The molecular weight excluding hydrogens is 463 g/mol. The lowest BCUT2D eigenvalue weighted by Gasteiger charge is -2.22. The number of para-hydroxylation sites is 1. The Morgan fingerprint density at radius 1 is 0.941 bits per heavy atom. The molecule has 5 heteroatoms. The van der Waals surface area contributed by atoms with Gasteiger partial charge in [-0.3, -0.25) is 4.79 Å². The predicted octanol–water partition coefficient (Wildman–Crippen LogP) is 7.45. The summed E-state index contributed by atoms with van der Waals surface area (Å²) < 4.78 is 2.29. The van der Waals surface area contributed by atoms with Crippen molar-refractivity contribution in [3.05, 3.63) is 105 Å². The quantitative estimate of drug-likeness (QED) is 0.275. The van der Waals surface area contributed by atoms with Gasteiger partial charge in [0.2, 0.25) is 5.91 Å². The van der Waals surface area contributed by atoms with Crippen molar-refractivity contribution in [2.45, 2.75) is 38.6 Å². The Hall–Kier alpha value is -2.75. The fourth-order valence-corrected chi connectivity index (χ4v) is 5.29. The first-order chi connectivity index (χ1) is 16.5. The predicted molar refractivity (Wildman–Crippen MR) is 141 cm³/mol. The second kappa shape index (κ2) is 9.85. The number of amides is 1. The van der Waals surface area contributed by atoms with Crippen molar-refractivity contribution in [2.24, 2.45) is 0 Å². The summed E-state index contributed by atoms with van der Waals surface area (Å²) >= 11 is 12.7. The van der Waals surface area contributed by atoms with Gasteiger partial charge < -0.3 is 9.47 Å². The van der Waals surface area contributed by atoms with Gasteiger partial charge >= 0.3 is 0 Å². The Balaban J connectivity index is 1.58. The molecule has 0 N–H and O–H groups in total. The molecule has 174 valence electrons. The van der Waals surface area contributed by atoms with E-state index < -0.39 is 0 Å². The van der Waals surface area contributed by atoms with E-state index in [1.54, 1.807) is 0 Å². The molecule has 0 radical (unpaired) electrons. The Kier molecular flexibility index (Phi) is 6.67. The normalized spacial score (nSPS) is 14.6. The second-order valence-electron chi connectivity index (χ2n) is 9.23. The van der Waals surface area contributed by atoms with E-state index in [2.05, 4.69) is 66.2 Å². The summed E-state index contributed by atoms with van der Waals surface area (Å²) in [7, 11) is 0. The molecule has 0 spiro atoms. The van der Waals surface area contributed by atoms with Gasteiger partial charge in [0.05, 0.1) is 10.0 Å². The monoisotopic (exact) mass is 490 g/mol. The maximum absolute atomic E-state index is 13.3. The van der Waals surface area contributed by atoms with E-state index in [1.807, 2.05) is 23.1 Å². The van der Waals surface area contributed by atoms with Crippen LogP contribution < -0.4 is 0 Å². The van der Waals surface area contributed by atoms with Gasteiger partial charge in [-0.25, -0.2) is 0 Å². The van der Waals surface area contributed by atoms with Crippen molar-refractivity contribution < 1.29 is 4.79 Å². The summed E-state index contributed by atoms with van der Waals surface area (Å²) in [6.07, 6.45) is 4.80. The Labute approximate surface area is 210 Å². The van der Waals surface area contributed by atoms with Crippen molar-refractivity contribution in [3.8, 4) is 0 Å². The molecule has 1 aliphatic heterocycles. The maximum Gasteiger partial charge on any atom is 0.223 e. The average molecular weight is 491 g/mol. The van der Waals surface area contributed by atoms with E-state index in [0.717, 1.165) is 49.1 Å². The molecule has 0 saturated carbocycles. The number of aromatic nitrogens is 1. The number of hydrogen-bond acceptors (Lipinski definition) is 1. The molecule has 1 aromatic heterocycles. The summed E-state index contributed by atoms with van der Waals surface area (Å²) in [4.78, 5) is 15.3. The molecule has 0 bridgehead atoms. The van der Waals surface area contributed by atoms with Gasteiger partial charge in [-0.2, -0.15) is 0 Å². The highest BCUT2D eigenvalue weighted by Crippen LogP contribution is 2.38. The van der Waals surface area contributed by atoms with Crippen LogP contribution in [0.25, 0.3) is 10.9 Å². The van der Waals surface area contributed by atoms with Crippen LogP contribution in [0.4, 0.5) is 0 Å². The van der Waals surface area contributed by atoms with E-state index >= 15 is 0 Å². The standard InChI is InChI=1S/C29H28Cl2N2O/c1-20-8-10-21(11-9-20)18-33-19-25(23-6-2-3-7-28(23)33)24(17-29(34)32-14-4-5-15-32)22-12-13-26(30)27(31)16-22/h2-3,6-13,16,19,24H,4-5,14-15,17-18H2,1H3/t24-/m0/s1. The van der Waals surface area contributed by atoms with Crippen LogP contribution in [0.15, 0.2) is 72.9 Å². The van der Waals surface area contributed by atoms with E-state index in [0.29, 0.717) is 16.5 Å². The number of benzene rings is 3. The van der Waals surface area contributed by atoms with Crippen LogP contribution in [0.2, 0.25) is 10.0 Å². The van der Waals surface area contributed by atoms with Crippen molar-refractivity contribution in [3.63, 3.8) is 0 Å². The summed E-state index contributed by atoms with van der Waals surface area (Å²) in [5.41, 5.74) is 5.82. The molecule has 5 rings (SSSR count). The highest BCUT2D eigenvalue weighted by atomic mass is 35.5. The number of aryl methyl sites for hydroxylation is 1. The molecule has 34 heavy (non-hydrogen) atoms. The van der Waals surface area contributed by atoms with Gasteiger partial charge in [-0.05, 0) is 54.7 Å².